The smallest absolute Gasteiger partial charge is 0.223 e. The van der Waals surface area contributed by atoms with Crippen molar-refractivity contribution in [1.82, 2.24) is 10.6 Å². The van der Waals surface area contributed by atoms with Crippen LogP contribution in [-0.2, 0) is 20.9 Å². The van der Waals surface area contributed by atoms with E-state index < -0.39 is 18.2 Å². The molecule has 0 unspecified atom stereocenters. The van der Waals surface area contributed by atoms with Crippen LogP contribution in [0.4, 0.5) is 4.39 Å². The molecule has 0 spiro atoms. The van der Waals surface area contributed by atoms with Gasteiger partial charge in [-0.05, 0) is 6.07 Å². The maximum atomic E-state index is 13.5. The van der Waals surface area contributed by atoms with Crippen LogP contribution >= 0.6 is 0 Å². The highest BCUT2D eigenvalue weighted by molar-refractivity contribution is 5.77. The molecule has 0 bridgehead atoms. The summed E-state index contributed by atoms with van der Waals surface area (Å²) in [5.41, 5.74) is 0.409. The molecule has 25 heavy (non-hydrogen) atoms. The van der Waals surface area contributed by atoms with Crippen LogP contribution in [0.15, 0.2) is 36.4 Å². The summed E-state index contributed by atoms with van der Waals surface area (Å²) in [7, 11) is 0. The lowest BCUT2D eigenvalue weighted by Crippen LogP contribution is -2.48. The molecule has 136 valence electrons. The highest BCUT2D eigenvalue weighted by Gasteiger charge is 2.28. The van der Waals surface area contributed by atoms with Crippen molar-refractivity contribution in [3.63, 3.8) is 0 Å². The van der Waals surface area contributed by atoms with E-state index in [1.54, 1.807) is 37.3 Å². The number of hydrogen-bond donors (Lipinski definition) is 3. The Bertz CT molecular complexity index is 635. The average Bonchev–Trinajstić information content (AvgIpc) is 2.62. The van der Waals surface area contributed by atoms with E-state index >= 15 is 0 Å². The summed E-state index contributed by atoms with van der Waals surface area (Å²) in [4.78, 5) is 23.5. The fraction of sp³-hybridized carbons (Fsp3) is 0.444. The third kappa shape index (κ3) is 5.65. The minimum absolute atomic E-state index is 0.0515. The second-order valence-corrected chi connectivity index (χ2v) is 5.80. The second kappa shape index (κ2) is 9.29. The number of nitrogens with one attached hydrogen (secondary N) is 2. The molecule has 6 nitrogen and oxygen atoms in total. The summed E-state index contributed by atoms with van der Waals surface area (Å²) >= 11 is 0. The lowest BCUT2D eigenvalue weighted by molar-refractivity contribution is -0.128. The van der Waals surface area contributed by atoms with Crippen LogP contribution < -0.4 is 10.6 Å². The van der Waals surface area contributed by atoms with Gasteiger partial charge in [-0.1, -0.05) is 37.3 Å². The van der Waals surface area contributed by atoms with Gasteiger partial charge in [-0.25, -0.2) is 4.39 Å². The molecular weight excluding hydrogens is 327 g/mol. The number of halogens is 1. The number of carbonyl (C=O) groups excluding carboxylic acids is 2. The largest absolute Gasteiger partial charge is 0.394 e. The third-order valence-electron chi connectivity index (χ3n) is 3.93. The average molecular weight is 350 g/mol. The summed E-state index contributed by atoms with van der Waals surface area (Å²) in [5.74, 6) is -0.796. The molecule has 1 aliphatic heterocycles. The summed E-state index contributed by atoms with van der Waals surface area (Å²) in [6.07, 6.45) is 2.69. The van der Waals surface area contributed by atoms with Gasteiger partial charge < -0.3 is 20.5 Å². The van der Waals surface area contributed by atoms with E-state index in [4.69, 9.17) is 4.74 Å². The molecule has 1 aromatic carbocycles. The molecule has 2 rings (SSSR count). The van der Waals surface area contributed by atoms with Gasteiger partial charge in [0.15, 0.2) is 0 Å². The number of aliphatic hydroxyl groups is 1. The molecule has 7 heteroatoms. The van der Waals surface area contributed by atoms with E-state index in [0.29, 0.717) is 12.0 Å². The van der Waals surface area contributed by atoms with Crippen molar-refractivity contribution < 1.29 is 23.8 Å². The Balaban J connectivity index is 1.86. The maximum Gasteiger partial charge on any atom is 0.223 e. The molecule has 0 saturated carbocycles. The van der Waals surface area contributed by atoms with Crippen molar-refractivity contribution in [2.45, 2.75) is 44.6 Å². The first-order valence-corrected chi connectivity index (χ1v) is 8.27. The van der Waals surface area contributed by atoms with Crippen LogP contribution in [0, 0.1) is 5.82 Å². The Morgan fingerprint density at radius 1 is 1.24 bits per heavy atom. The number of rotatable bonds is 7. The van der Waals surface area contributed by atoms with Crippen molar-refractivity contribution in [3.05, 3.63) is 47.8 Å². The van der Waals surface area contributed by atoms with Gasteiger partial charge in [-0.3, -0.25) is 9.59 Å². The van der Waals surface area contributed by atoms with Crippen molar-refractivity contribution >= 4 is 11.8 Å². The monoisotopic (exact) mass is 350 g/mol. The van der Waals surface area contributed by atoms with Crippen LogP contribution in [0.2, 0.25) is 0 Å². The Kier molecular flexibility index (Phi) is 7.09. The van der Waals surface area contributed by atoms with Gasteiger partial charge in [0.05, 0.1) is 25.2 Å². The third-order valence-corrected chi connectivity index (χ3v) is 3.93. The van der Waals surface area contributed by atoms with Crippen LogP contribution in [0.3, 0.4) is 0 Å². The second-order valence-electron chi connectivity index (χ2n) is 5.80. The molecule has 1 heterocycles. The standard InChI is InChI=1S/C18H23FN2O4/c1-2-17(23)21-15-8-7-13(25-16(15)11-22)9-18(24)20-10-12-5-3-4-6-14(12)19/h3-8,13,15-16,22H,2,9-11H2,1H3,(H,20,24)(H,21,23)/t13-,15+,16-/m0/s1. The minimum Gasteiger partial charge on any atom is -0.394 e. The number of amides is 2. The highest BCUT2D eigenvalue weighted by atomic mass is 19.1. The molecule has 1 aromatic rings. The molecule has 0 saturated heterocycles. The van der Waals surface area contributed by atoms with Crippen molar-refractivity contribution in [2.24, 2.45) is 0 Å². The van der Waals surface area contributed by atoms with Crippen LogP contribution in [0.1, 0.15) is 25.3 Å². The normalized spacial score (nSPS) is 22.4. The molecular formula is C18H23FN2O4. The zero-order valence-electron chi connectivity index (χ0n) is 14.1. The first kappa shape index (κ1) is 19.1. The number of carbonyl (C=O) groups is 2. The highest BCUT2D eigenvalue weighted by Crippen LogP contribution is 2.16. The van der Waals surface area contributed by atoms with Gasteiger partial charge in [0.2, 0.25) is 11.8 Å². The summed E-state index contributed by atoms with van der Waals surface area (Å²) < 4.78 is 19.2. The van der Waals surface area contributed by atoms with E-state index in [9.17, 15) is 19.1 Å². The van der Waals surface area contributed by atoms with E-state index in [2.05, 4.69) is 10.6 Å². The summed E-state index contributed by atoms with van der Waals surface area (Å²) in [6, 6.07) is 5.81. The van der Waals surface area contributed by atoms with E-state index in [1.807, 2.05) is 0 Å². The van der Waals surface area contributed by atoms with E-state index in [1.165, 1.54) is 6.07 Å². The van der Waals surface area contributed by atoms with Gasteiger partial charge in [0, 0.05) is 18.5 Å². The zero-order valence-corrected chi connectivity index (χ0v) is 14.1. The predicted molar refractivity (Wildman–Crippen MR) is 90.0 cm³/mol. The van der Waals surface area contributed by atoms with Crippen LogP contribution in [0.25, 0.3) is 0 Å². The molecule has 0 aromatic heterocycles. The fourth-order valence-electron chi connectivity index (χ4n) is 2.51. The molecule has 3 atom stereocenters. The topological polar surface area (TPSA) is 87.7 Å². The lowest BCUT2D eigenvalue weighted by atomic mass is 10.0. The Morgan fingerprint density at radius 3 is 2.68 bits per heavy atom. The van der Waals surface area contributed by atoms with Gasteiger partial charge in [-0.2, -0.15) is 0 Å². The van der Waals surface area contributed by atoms with E-state index in [-0.39, 0.29) is 37.2 Å². The first-order chi connectivity index (χ1) is 12.0. The molecule has 3 N–H and O–H groups in total. The number of aliphatic hydroxyl groups excluding tert-OH is 1. The number of ether oxygens (including phenoxy) is 1. The Hall–Kier alpha value is -2.25. The SMILES string of the molecule is CCC(=O)N[C@@H]1C=C[C@@H](CC(=O)NCc2ccccc2F)O[C@H]1CO. The number of hydrogen-bond acceptors (Lipinski definition) is 4. The molecule has 0 aliphatic carbocycles. The lowest BCUT2D eigenvalue weighted by Gasteiger charge is -2.31. The maximum absolute atomic E-state index is 13.5. The van der Waals surface area contributed by atoms with Crippen LogP contribution in [0.5, 0.6) is 0 Å². The van der Waals surface area contributed by atoms with Crippen molar-refractivity contribution in [1.29, 1.82) is 0 Å². The molecule has 1 aliphatic rings. The zero-order chi connectivity index (χ0) is 18.2. The van der Waals surface area contributed by atoms with E-state index in [0.717, 1.165) is 0 Å². The molecule has 0 radical (unpaired) electrons. The quantitative estimate of drug-likeness (QED) is 0.641. The van der Waals surface area contributed by atoms with Crippen LogP contribution in [-0.4, -0.2) is 41.8 Å². The van der Waals surface area contributed by atoms with Gasteiger partial charge in [0.25, 0.3) is 0 Å². The molecule has 0 fully saturated rings. The van der Waals surface area contributed by atoms with Crippen molar-refractivity contribution in [2.75, 3.05) is 6.61 Å². The summed E-state index contributed by atoms with van der Waals surface area (Å²) in [5, 5.41) is 14.8. The minimum atomic E-state index is -0.607. The van der Waals surface area contributed by atoms with Crippen molar-refractivity contribution in [3.8, 4) is 0 Å². The first-order valence-electron chi connectivity index (χ1n) is 8.27. The predicted octanol–water partition coefficient (Wildman–Crippen LogP) is 1.04. The number of benzene rings is 1. The molecule has 2 amide bonds. The van der Waals surface area contributed by atoms with Gasteiger partial charge in [0.1, 0.15) is 11.9 Å². The summed E-state index contributed by atoms with van der Waals surface area (Å²) in [6.45, 7) is 1.56. The Labute approximate surface area is 146 Å². The van der Waals surface area contributed by atoms with Gasteiger partial charge in [-0.15, -0.1) is 0 Å². The fourth-order valence-corrected chi connectivity index (χ4v) is 2.51. The Morgan fingerprint density at radius 2 is 2.00 bits per heavy atom. The van der Waals surface area contributed by atoms with Gasteiger partial charge >= 0.3 is 0 Å².